The number of ether oxygens (including phenoxy) is 1. The van der Waals surface area contributed by atoms with Crippen molar-refractivity contribution in [2.75, 3.05) is 13.2 Å². The van der Waals surface area contributed by atoms with Gasteiger partial charge in [-0.15, -0.1) is 0 Å². The molecule has 2 atom stereocenters. The highest BCUT2D eigenvalue weighted by Gasteiger charge is 2.51. The topological polar surface area (TPSA) is 95.9 Å². The molecular formula is C28H32N2O5. The Hall–Kier alpha value is -3.35. The minimum absolute atomic E-state index is 0.0642. The highest BCUT2D eigenvalue weighted by atomic mass is 16.5. The number of hydrogen-bond donors (Lipinski definition) is 2. The number of carbonyl (C=O) groups is 3. The van der Waals surface area contributed by atoms with Gasteiger partial charge in [-0.2, -0.15) is 0 Å². The molecule has 2 aromatic carbocycles. The second-order valence-electron chi connectivity index (χ2n) is 10.0. The zero-order valence-corrected chi connectivity index (χ0v) is 20.0. The van der Waals surface area contributed by atoms with Crippen LogP contribution in [-0.2, 0) is 14.3 Å². The van der Waals surface area contributed by atoms with E-state index in [4.69, 9.17) is 4.74 Å². The van der Waals surface area contributed by atoms with Gasteiger partial charge in [-0.05, 0) is 60.3 Å². The summed E-state index contributed by atoms with van der Waals surface area (Å²) in [6, 6.07) is 15.4. The number of carboxylic acid groups (broad SMARTS) is 1. The molecule has 5 rings (SSSR count). The Morgan fingerprint density at radius 1 is 1.06 bits per heavy atom. The van der Waals surface area contributed by atoms with Crippen LogP contribution in [0.25, 0.3) is 11.1 Å². The summed E-state index contributed by atoms with van der Waals surface area (Å²) in [5.74, 6) is -1.04. The number of fused-ring (bicyclic) bond motifs is 3. The maximum Gasteiger partial charge on any atom is 0.408 e. The standard InChI is InChI=1S/C28H32N2O5/c1-2-18-12-15-30(24(16-18)25(31)32)26(33)28(13-7-14-28)29-27(34)35-17-23-21-10-5-3-8-19(21)20-9-4-6-11-22(20)23/h3-6,8-11,18,23-24H,2,7,12-17H2,1H3,(H,29,34)(H,31,32). The third-order valence-electron chi connectivity index (χ3n) is 8.14. The van der Waals surface area contributed by atoms with Gasteiger partial charge in [-0.3, -0.25) is 4.79 Å². The third kappa shape index (κ3) is 4.17. The first-order valence-corrected chi connectivity index (χ1v) is 12.6. The van der Waals surface area contributed by atoms with Gasteiger partial charge in [0.15, 0.2) is 0 Å². The molecule has 0 aromatic heterocycles. The van der Waals surface area contributed by atoms with Gasteiger partial charge in [-0.25, -0.2) is 9.59 Å². The van der Waals surface area contributed by atoms with Crippen LogP contribution in [0.1, 0.15) is 62.5 Å². The smallest absolute Gasteiger partial charge is 0.408 e. The van der Waals surface area contributed by atoms with Gasteiger partial charge >= 0.3 is 12.1 Å². The average molecular weight is 477 g/mol. The van der Waals surface area contributed by atoms with Gasteiger partial charge in [0.25, 0.3) is 0 Å². The molecule has 1 heterocycles. The molecule has 2 aliphatic carbocycles. The van der Waals surface area contributed by atoms with Crippen molar-refractivity contribution in [2.45, 2.75) is 62.9 Å². The van der Waals surface area contributed by atoms with Gasteiger partial charge in [0, 0.05) is 12.5 Å². The second kappa shape index (κ2) is 9.36. The summed E-state index contributed by atoms with van der Waals surface area (Å²) in [6.07, 6.45) is 3.31. The van der Waals surface area contributed by atoms with Crippen LogP contribution < -0.4 is 5.32 Å². The van der Waals surface area contributed by atoms with E-state index in [2.05, 4.69) is 29.6 Å². The third-order valence-corrected chi connectivity index (χ3v) is 8.14. The number of amides is 2. The fourth-order valence-corrected chi connectivity index (χ4v) is 5.91. The van der Waals surface area contributed by atoms with Crippen LogP contribution in [0.2, 0.25) is 0 Å². The van der Waals surface area contributed by atoms with Crippen molar-refractivity contribution in [3.8, 4) is 11.1 Å². The number of nitrogens with zero attached hydrogens (tertiary/aromatic N) is 1. The number of aliphatic carboxylic acids is 1. The number of alkyl carbamates (subject to hydrolysis) is 1. The molecule has 2 N–H and O–H groups in total. The Morgan fingerprint density at radius 2 is 1.69 bits per heavy atom. The van der Waals surface area contributed by atoms with E-state index in [1.54, 1.807) is 0 Å². The van der Waals surface area contributed by atoms with Crippen molar-refractivity contribution >= 4 is 18.0 Å². The van der Waals surface area contributed by atoms with Crippen LogP contribution in [-0.4, -0.2) is 52.7 Å². The Bertz CT molecular complexity index is 1100. The molecule has 7 heteroatoms. The van der Waals surface area contributed by atoms with Crippen molar-refractivity contribution in [1.29, 1.82) is 0 Å². The minimum atomic E-state index is -1.07. The first-order valence-electron chi connectivity index (χ1n) is 12.6. The minimum Gasteiger partial charge on any atom is -0.480 e. The molecule has 184 valence electrons. The van der Waals surface area contributed by atoms with Crippen molar-refractivity contribution in [2.24, 2.45) is 5.92 Å². The average Bonchev–Trinajstić information content (AvgIpc) is 3.18. The summed E-state index contributed by atoms with van der Waals surface area (Å²) in [5, 5.41) is 12.6. The predicted octanol–water partition coefficient (Wildman–Crippen LogP) is 4.55. The molecule has 0 spiro atoms. The SMILES string of the molecule is CCC1CCN(C(=O)C2(NC(=O)OCC3c4ccccc4-c4ccccc43)CCC2)C(C(=O)O)C1. The fraction of sp³-hybridized carbons (Fsp3) is 0.464. The fourth-order valence-electron chi connectivity index (χ4n) is 5.91. The number of benzene rings is 2. The summed E-state index contributed by atoms with van der Waals surface area (Å²) in [4.78, 5) is 39.8. The molecule has 7 nitrogen and oxygen atoms in total. The highest BCUT2D eigenvalue weighted by molar-refractivity contribution is 5.93. The van der Waals surface area contributed by atoms with Gasteiger partial charge < -0.3 is 20.1 Å². The lowest BCUT2D eigenvalue weighted by atomic mass is 9.74. The summed E-state index contributed by atoms with van der Waals surface area (Å²) < 4.78 is 5.68. The summed E-state index contributed by atoms with van der Waals surface area (Å²) >= 11 is 0. The normalized spacial score (nSPS) is 22.5. The lowest BCUT2D eigenvalue weighted by Crippen LogP contribution is -2.66. The van der Waals surface area contributed by atoms with Crippen molar-refractivity contribution in [1.82, 2.24) is 10.2 Å². The highest BCUT2D eigenvalue weighted by Crippen LogP contribution is 2.44. The molecule has 0 radical (unpaired) electrons. The number of carboxylic acids is 1. The predicted molar refractivity (Wildman–Crippen MR) is 131 cm³/mol. The van der Waals surface area contributed by atoms with E-state index in [0.717, 1.165) is 41.5 Å². The molecule has 0 bridgehead atoms. The largest absolute Gasteiger partial charge is 0.480 e. The van der Waals surface area contributed by atoms with Gasteiger partial charge in [0.2, 0.25) is 5.91 Å². The number of piperidine rings is 1. The molecule has 1 saturated carbocycles. The van der Waals surface area contributed by atoms with E-state index in [9.17, 15) is 19.5 Å². The Morgan fingerprint density at radius 3 is 2.23 bits per heavy atom. The molecule has 1 aliphatic heterocycles. The number of likely N-dealkylation sites (tertiary alicyclic amines) is 1. The van der Waals surface area contributed by atoms with Crippen molar-refractivity contribution in [3.05, 3.63) is 59.7 Å². The van der Waals surface area contributed by atoms with Crippen LogP contribution in [0.5, 0.6) is 0 Å². The Labute approximate surface area is 205 Å². The van der Waals surface area contributed by atoms with E-state index in [1.807, 2.05) is 31.2 Å². The second-order valence-corrected chi connectivity index (χ2v) is 10.0. The number of nitrogens with one attached hydrogen (secondary N) is 1. The van der Waals surface area contributed by atoms with Gasteiger partial charge in [0.05, 0.1) is 0 Å². The van der Waals surface area contributed by atoms with E-state index in [0.29, 0.717) is 31.7 Å². The number of rotatable bonds is 6. The van der Waals surface area contributed by atoms with Crippen LogP contribution >= 0.6 is 0 Å². The Kier molecular flexibility index (Phi) is 6.26. The zero-order chi connectivity index (χ0) is 24.6. The lowest BCUT2D eigenvalue weighted by Gasteiger charge is -2.47. The van der Waals surface area contributed by atoms with Gasteiger partial charge in [0.1, 0.15) is 18.2 Å². The van der Waals surface area contributed by atoms with Gasteiger partial charge in [-0.1, -0.05) is 61.9 Å². The van der Waals surface area contributed by atoms with Crippen LogP contribution in [0, 0.1) is 5.92 Å². The zero-order valence-electron chi connectivity index (χ0n) is 20.0. The monoisotopic (exact) mass is 476 g/mol. The first-order chi connectivity index (χ1) is 16.9. The molecule has 3 aliphatic rings. The molecule has 2 amide bonds. The molecule has 35 heavy (non-hydrogen) atoms. The first kappa shape index (κ1) is 23.4. The molecule has 2 fully saturated rings. The summed E-state index contributed by atoms with van der Waals surface area (Å²) in [6.45, 7) is 2.62. The van der Waals surface area contributed by atoms with Crippen LogP contribution in [0.4, 0.5) is 4.79 Å². The van der Waals surface area contributed by atoms with E-state index in [1.165, 1.54) is 4.90 Å². The van der Waals surface area contributed by atoms with Crippen molar-refractivity contribution < 1.29 is 24.2 Å². The lowest BCUT2D eigenvalue weighted by molar-refractivity contribution is -0.158. The molecule has 1 saturated heterocycles. The number of hydrogen-bond acceptors (Lipinski definition) is 4. The summed E-state index contributed by atoms with van der Waals surface area (Å²) in [5.41, 5.74) is 3.48. The Balaban J connectivity index is 1.27. The van der Waals surface area contributed by atoms with E-state index < -0.39 is 23.6 Å². The maximum atomic E-state index is 13.5. The maximum absolute atomic E-state index is 13.5. The molecule has 2 unspecified atom stereocenters. The van der Waals surface area contributed by atoms with E-state index >= 15 is 0 Å². The summed E-state index contributed by atoms with van der Waals surface area (Å²) in [7, 11) is 0. The number of carbonyl (C=O) groups excluding carboxylic acids is 2. The van der Waals surface area contributed by atoms with Crippen molar-refractivity contribution in [3.63, 3.8) is 0 Å². The van der Waals surface area contributed by atoms with Crippen LogP contribution in [0.15, 0.2) is 48.5 Å². The van der Waals surface area contributed by atoms with E-state index in [-0.39, 0.29) is 18.4 Å². The van der Waals surface area contributed by atoms with Crippen LogP contribution in [0.3, 0.4) is 0 Å². The molecule has 2 aromatic rings. The quantitative estimate of drug-likeness (QED) is 0.638. The molecular weight excluding hydrogens is 444 g/mol.